The summed E-state index contributed by atoms with van der Waals surface area (Å²) in [5, 5.41) is 12.8. The van der Waals surface area contributed by atoms with Gasteiger partial charge in [0.25, 0.3) is 0 Å². The van der Waals surface area contributed by atoms with Gasteiger partial charge >= 0.3 is 6.36 Å². The largest absolute Gasteiger partial charge is 0.573 e. The number of nitrogens with one attached hydrogen (secondary N) is 1. The number of aromatic nitrogens is 2. The summed E-state index contributed by atoms with van der Waals surface area (Å²) >= 11 is 0. The number of alkyl halides is 3. The molecule has 34 heavy (non-hydrogen) atoms. The van der Waals surface area contributed by atoms with Crippen molar-refractivity contribution >= 4 is 10.0 Å². The van der Waals surface area contributed by atoms with Gasteiger partial charge in [0.05, 0.1) is 22.6 Å². The zero-order valence-corrected chi connectivity index (χ0v) is 18.5. The molecule has 2 heterocycles. The molecule has 2 unspecified atom stereocenters. The number of nitrogens with zero attached hydrogens (tertiary/aromatic N) is 4. The molecule has 2 aromatic carbocycles. The molecule has 0 spiro atoms. The summed E-state index contributed by atoms with van der Waals surface area (Å²) in [6, 6.07) is 11.8. The molecular weight excluding hydrogens is 475 g/mol. The fraction of sp³-hybridized carbons (Fsp3) is 0.286. The standard InChI is InChI=1S/C21H18F3N5O4S/c1-29-12-15(28-34(30,31)17-8-2-13(11-25)3-9-17)10-18(29)20-26-19(27-33-20)14-4-6-16(7-5-14)32-21(22,23)24/h2-9,15,18,28H,10,12H2,1H3. The Labute approximate surface area is 192 Å². The average Bonchev–Trinajstić information content (AvgIpc) is 3.39. The van der Waals surface area contributed by atoms with Crippen molar-refractivity contribution in [2.45, 2.75) is 29.8 Å². The topological polar surface area (TPSA) is 121 Å². The van der Waals surface area contributed by atoms with E-state index in [1.807, 2.05) is 11.0 Å². The lowest BCUT2D eigenvalue weighted by molar-refractivity contribution is -0.274. The van der Waals surface area contributed by atoms with Gasteiger partial charge in [0, 0.05) is 18.2 Å². The van der Waals surface area contributed by atoms with Crippen molar-refractivity contribution in [3.63, 3.8) is 0 Å². The van der Waals surface area contributed by atoms with Gasteiger partial charge in [-0.2, -0.15) is 10.2 Å². The number of ether oxygens (including phenoxy) is 1. The van der Waals surface area contributed by atoms with Crippen LogP contribution in [0.1, 0.15) is 23.9 Å². The second kappa shape index (κ2) is 9.05. The maximum Gasteiger partial charge on any atom is 0.573 e. The van der Waals surface area contributed by atoms with E-state index < -0.39 is 22.4 Å². The predicted molar refractivity (Wildman–Crippen MR) is 112 cm³/mol. The van der Waals surface area contributed by atoms with E-state index in [1.165, 1.54) is 36.4 Å². The Morgan fingerprint density at radius 3 is 2.47 bits per heavy atom. The Morgan fingerprint density at radius 2 is 1.85 bits per heavy atom. The summed E-state index contributed by atoms with van der Waals surface area (Å²) < 4.78 is 74.2. The smallest absolute Gasteiger partial charge is 0.406 e. The summed E-state index contributed by atoms with van der Waals surface area (Å²) in [6.45, 7) is 0.390. The van der Waals surface area contributed by atoms with Crippen molar-refractivity contribution in [3.8, 4) is 23.2 Å². The highest BCUT2D eigenvalue weighted by atomic mass is 32.2. The van der Waals surface area contributed by atoms with Crippen molar-refractivity contribution in [1.82, 2.24) is 19.8 Å². The van der Waals surface area contributed by atoms with Gasteiger partial charge in [-0.1, -0.05) is 5.16 Å². The van der Waals surface area contributed by atoms with Crippen LogP contribution in [0.3, 0.4) is 0 Å². The quantitative estimate of drug-likeness (QED) is 0.556. The first-order chi connectivity index (χ1) is 16.0. The van der Waals surface area contributed by atoms with Gasteiger partial charge in [-0.3, -0.25) is 4.90 Å². The molecule has 2 atom stereocenters. The Hall–Kier alpha value is -3.47. The second-order valence-electron chi connectivity index (χ2n) is 7.67. The number of nitriles is 1. The highest BCUT2D eigenvalue weighted by Gasteiger charge is 2.37. The number of hydrogen-bond donors (Lipinski definition) is 1. The number of rotatable bonds is 6. The van der Waals surface area contributed by atoms with Gasteiger partial charge in [0.1, 0.15) is 5.75 Å². The van der Waals surface area contributed by atoms with Crippen LogP contribution in [0.4, 0.5) is 13.2 Å². The molecule has 3 aromatic rings. The monoisotopic (exact) mass is 493 g/mol. The lowest BCUT2D eigenvalue weighted by Gasteiger charge is -2.14. The van der Waals surface area contributed by atoms with Crippen LogP contribution in [0.5, 0.6) is 5.75 Å². The van der Waals surface area contributed by atoms with Crippen molar-refractivity contribution in [2.24, 2.45) is 0 Å². The summed E-state index contributed by atoms with van der Waals surface area (Å²) in [6.07, 6.45) is -4.42. The molecule has 0 aliphatic carbocycles. The van der Waals surface area contributed by atoms with Crippen LogP contribution in [0.2, 0.25) is 0 Å². The molecule has 1 N–H and O–H groups in total. The van der Waals surface area contributed by atoms with Gasteiger partial charge in [0.2, 0.25) is 21.7 Å². The van der Waals surface area contributed by atoms with E-state index in [-0.39, 0.29) is 28.4 Å². The first-order valence-electron chi connectivity index (χ1n) is 9.96. The predicted octanol–water partition coefficient (Wildman–Crippen LogP) is 3.23. The number of sulfonamides is 1. The van der Waals surface area contributed by atoms with Crippen molar-refractivity contribution in [2.75, 3.05) is 13.6 Å². The molecule has 0 saturated carbocycles. The fourth-order valence-corrected chi connectivity index (χ4v) is 4.90. The number of likely N-dealkylation sites (tertiary alicyclic amines) is 1. The van der Waals surface area contributed by atoms with E-state index in [9.17, 15) is 21.6 Å². The Morgan fingerprint density at radius 1 is 1.18 bits per heavy atom. The lowest BCUT2D eigenvalue weighted by Crippen LogP contribution is -2.36. The highest BCUT2D eigenvalue weighted by Crippen LogP contribution is 2.32. The molecule has 4 rings (SSSR count). The van der Waals surface area contributed by atoms with Crippen molar-refractivity contribution in [3.05, 3.63) is 60.0 Å². The SMILES string of the molecule is CN1CC(NS(=O)(=O)c2ccc(C#N)cc2)CC1c1nc(-c2ccc(OC(F)(F)F)cc2)no1. The highest BCUT2D eigenvalue weighted by molar-refractivity contribution is 7.89. The van der Waals surface area contributed by atoms with Crippen molar-refractivity contribution in [1.29, 1.82) is 5.26 Å². The zero-order valence-electron chi connectivity index (χ0n) is 17.7. The van der Waals surface area contributed by atoms with E-state index in [1.54, 1.807) is 7.05 Å². The molecule has 13 heteroatoms. The summed E-state index contributed by atoms with van der Waals surface area (Å²) in [7, 11) is -2.01. The minimum atomic E-state index is -4.79. The Bertz CT molecular complexity index is 1300. The molecule has 0 bridgehead atoms. The maximum atomic E-state index is 12.7. The molecule has 1 aliphatic rings. The molecule has 1 aliphatic heterocycles. The van der Waals surface area contributed by atoms with Crippen LogP contribution in [0.25, 0.3) is 11.4 Å². The molecule has 178 valence electrons. The van der Waals surface area contributed by atoms with Crippen molar-refractivity contribution < 1.29 is 30.8 Å². The molecular formula is C21H18F3N5O4S. The summed E-state index contributed by atoms with van der Waals surface area (Å²) in [5.74, 6) is 0.0737. The fourth-order valence-electron chi connectivity index (χ4n) is 3.66. The average molecular weight is 493 g/mol. The first kappa shape index (κ1) is 23.7. The molecule has 1 fully saturated rings. The van der Waals surface area contributed by atoms with E-state index in [0.717, 1.165) is 12.1 Å². The summed E-state index contributed by atoms with van der Waals surface area (Å²) in [4.78, 5) is 6.25. The molecule has 1 saturated heterocycles. The van der Waals surface area contributed by atoms with Crippen LogP contribution in [0.15, 0.2) is 57.9 Å². The van der Waals surface area contributed by atoms with Crippen LogP contribution in [-0.2, 0) is 10.0 Å². The normalized spacial score (nSPS) is 19.1. The van der Waals surface area contributed by atoms with Gasteiger partial charge in [0.15, 0.2) is 0 Å². The van der Waals surface area contributed by atoms with E-state index in [0.29, 0.717) is 24.1 Å². The minimum Gasteiger partial charge on any atom is -0.406 e. The van der Waals surface area contributed by atoms with Gasteiger partial charge in [-0.25, -0.2) is 13.1 Å². The van der Waals surface area contributed by atoms with Crippen LogP contribution < -0.4 is 9.46 Å². The third-order valence-corrected chi connectivity index (χ3v) is 6.77. The Kier molecular flexibility index (Phi) is 6.30. The minimum absolute atomic E-state index is 0.0515. The van der Waals surface area contributed by atoms with Gasteiger partial charge in [-0.05, 0) is 62.0 Å². The molecule has 0 radical (unpaired) electrons. The number of hydrogen-bond acceptors (Lipinski definition) is 8. The van der Waals surface area contributed by atoms with Crippen LogP contribution in [-0.4, -0.2) is 49.5 Å². The lowest BCUT2D eigenvalue weighted by atomic mass is 10.2. The van der Waals surface area contributed by atoms with E-state index in [2.05, 4.69) is 19.6 Å². The molecule has 9 nitrogen and oxygen atoms in total. The maximum absolute atomic E-state index is 12.7. The number of benzene rings is 2. The third kappa shape index (κ3) is 5.36. The van der Waals surface area contributed by atoms with E-state index >= 15 is 0 Å². The van der Waals surface area contributed by atoms with E-state index in [4.69, 9.17) is 9.78 Å². The zero-order chi connectivity index (χ0) is 24.5. The van der Waals surface area contributed by atoms with Crippen LogP contribution >= 0.6 is 0 Å². The number of halogens is 3. The molecule has 1 aromatic heterocycles. The first-order valence-corrected chi connectivity index (χ1v) is 11.4. The number of likely N-dealkylation sites (N-methyl/N-ethyl adjacent to an activating group) is 1. The second-order valence-corrected chi connectivity index (χ2v) is 9.39. The molecule has 0 amide bonds. The van der Waals surface area contributed by atoms with Gasteiger partial charge in [-0.15, -0.1) is 13.2 Å². The van der Waals surface area contributed by atoms with Gasteiger partial charge < -0.3 is 9.26 Å². The Balaban J connectivity index is 1.43. The third-order valence-electron chi connectivity index (χ3n) is 5.24. The summed E-state index contributed by atoms with van der Waals surface area (Å²) in [5.41, 5.74) is 0.789. The van der Waals surface area contributed by atoms with Crippen LogP contribution in [0, 0.1) is 11.3 Å².